The molecule has 0 aromatic heterocycles. The van der Waals surface area contributed by atoms with Crippen molar-refractivity contribution < 1.29 is 17.9 Å². The van der Waals surface area contributed by atoms with Crippen LogP contribution in [-0.2, 0) is 19.3 Å². The van der Waals surface area contributed by atoms with Crippen LogP contribution in [0, 0.1) is 17.5 Å². The predicted molar refractivity (Wildman–Crippen MR) is 136 cm³/mol. The molecular weight excluding hydrogens is 445 g/mol. The van der Waals surface area contributed by atoms with Gasteiger partial charge in [-0.15, -0.1) is 0 Å². The third kappa shape index (κ3) is 5.76. The Morgan fingerprint density at radius 3 is 1.86 bits per heavy atom. The number of ether oxygens (including phenoxy) is 1. The van der Waals surface area contributed by atoms with Crippen LogP contribution >= 0.6 is 0 Å². The summed E-state index contributed by atoms with van der Waals surface area (Å²) in [5.41, 5.74) is 5.12. The third-order valence-electron chi connectivity index (χ3n) is 6.17. The maximum absolute atomic E-state index is 14.9. The Morgan fingerprint density at radius 1 is 0.600 bits per heavy atom. The number of benzene rings is 4. The molecule has 35 heavy (non-hydrogen) atoms. The van der Waals surface area contributed by atoms with E-state index in [9.17, 15) is 13.2 Å². The van der Waals surface area contributed by atoms with Gasteiger partial charge in [0.1, 0.15) is 0 Å². The lowest BCUT2D eigenvalue weighted by Crippen LogP contribution is -2.00. The fourth-order valence-corrected chi connectivity index (χ4v) is 4.24. The minimum atomic E-state index is -0.807. The first-order chi connectivity index (χ1) is 17.0. The van der Waals surface area contributed by atoms with Crippen LogP contribution in [0.25, 0.3) is 22.3 Å². The molecule has 0 amide bonds. The molecule has 0 bridgehead atoms. The van der Waals surface area contributed by atoms with E-state index < -0.39 is 17.5 Å². The second-order valence-electron chi connectivity index (χ2n) is 8.62. The normalized spacial score (nSPS) is 11.0. The second kappa shape index (κ2) is 11.3. The molecule has 1 nitrogen and oxygen atoms in total. The maximum atomic E-state index is 14.9. The van der Waals surface area contributed by atoms with Crippen LogP contribution in [0.5, 0.6) is 5.75 Å². The fourth-order valence-electron chi connectivity index (χ4n) is 4.24. The topological polar surface area (TPSA) is 9.23 Å². The zero-order valence-corrected chi connectivity index (χ0v) is 20.1. The Bertz CT molecular complexity index is 1280. The highest BCUT2D eigenvalue weighted by Crippen LogP contribution is 2.29. The lowest BCUT2D eigenvalue weighted by atomic mass is 9.97. The molecule has 0 aliphatic carbocycles. The summed E-state index contributed by atoms with van der Waals surface area (Å²) in [6.07, 6.45) is 2.96. The minimum absolute atomic E-state index is 0.238. The van der Waals surface area contributed by atoms with Gasteiger partial charge in [0, 0.05) is 5.56 Å². The summed E-state index contributed by atoms with van der Waals surface area (Å²) in [5, 5.41) is 0. The first-order valence-corrected chi connectivity index (χ1v) is 12.1. The van der Waals surface area contributed by atoms with E-state index in [1.54, 1.807) is 18.2 Å². The van der Waals surface area contributed by atoms with Gasteiger partial charge in [0.15, 0.2) is 23.2 Å². The SMILES string of the molecule is CCCc1ccc(-c2ccc(CCc3ccc(-c4ccc(OCC)c(F)c4)cc3)c(F)c2F)cc1. The van der Waals surface area contributed by atoms with E-state index in [1.807, 2.05) is 61.5 Å². The highest BCUT2D eigenvalue weighted by atomic mass is 19.2. The molecule has 4 aromatic rings. The van der Waals surface area contributed by atoms with E-state index in [4.69, 9.17) is 4.74 Å². The Hall–Kier alpha value is -3.53. The summed E-state index contributed by atoms with van der Waals surface area (Å²) in [7, 11) is 0. The second-order valence-corrected chi connectivity index (χ2v) is 8.62. The molecule has 4 rings (SSSR count). The van der Waals surface area contributed by atoms with Gasteiger partial charge in [-0.2, -0.15) is 0 Å². The molecule has 0 fully saturated rings. The summed E-state index contributed by atoms with van der Waals surface area (Å²) >= 11 is 0. The molecule has 0 saturated carbocycles. The quantitative estimate of drug-likeness (QED) is 0.236. The summed E-state index contributed by atoms with van der Waals surface area (Å²) in [4.78, 5) is 0. The Kier molecular flexibility index (Phi) is 7.91. The number of hydrogen-bond donors (Lipinski definition) is 0. The van der Waals surface area contributed by atoms with Crippen LogP contribution in [0.3, 0.4) is 0 Å². The van der Waals surface area contributed by atoms with E-state index in [0.717, 1.165) is 29.5 Å². The van der Waals surface area contributed by atoms with Crippen molar-refractivity contribution in [2.45, 2.75) is 39.5 Å². The maximum Gasteiger partial charge on any atom is 0.166 e. The van der Waals surface area contributed by atoms with Gasteiger partial charge < -0.3 is 4.74 Å². The lowest BCUT2D eigenvalue weighted by Gasteiger charge is -2.10. The van der Waals surface area contributed by atoms with Gasteiger partial charge in [0.2, 0.25) is 0 Å². The summed E-state index contributed by atoms with van der Waals surface area (Å²) in [6.45, 7) is 4.33. The molecule has 0 N–H and O–H groups in total. The molecule has 0 aliphatic rings. The minimum Gasteiger partial charge on any atom is -0.491 e. The lowest BCUT2D eigenvalue weighted by molar-refractivity contribution is 0.321. The van der Waals surface area contributed by atoms with E-state index in [0.29, 0.717) is 30.6 Å². The monoisotopic (exact) mass is 474 g/mol. The van der Waals surface area contributed by atoms with Crippen molar-refractivity contribution in [3.63, 3.8) is 0 Å². The zero-order valence-electron chi connectivity index (χ0n) is 20.1. The molecule has 0 spiro atoms. The first kappa shape index (κ1) is 24.6. The van der Waals surface area contributed by atoms with Crippen molar-refractivity contribution in [1.29, 1.82) is 0 Å². The van der Waals surface area contributed by atoms with Crippen LogP contribution in [0.15, 0.2) is 78.9 Å². The molecular formula is C31H29F3O. The standard InChI is InChI=1S/C31H29F3O/c1-3-5-21-8-13-24(14-9-21)27-18-16-25(30(33)31(27)34)15-10-22-6-11-23(12-7-22)26-17-19-29(35-4-2)28(32)20-26/h6-9,11-14,16-20H,3-5,10,15H2,1-2H3. The highest BCUT2D eigenvalue weighted by Gasteiger charge is 2.15. The molecule has 0 saturated heterocycles. The van der Waals surface area contributed by atoms with Gasteiger partial charge in [-0.05, 0) is 71.7 Å². The molecule has 4 aromatic carbocycles. The fraction of sp³-hybridized carbons (Fsp3) is 0.226. The predicted octanol–water partition coefficient (Wildman–Crippen LogP) is 8.57. The van der Waals surface area contributed by atoms with Crippen LogP contribution in [0.1, 0.15) is 37.0 Å². The number of rotatable bonds is 9. The van der Waals surface area contributed by atoms with Gasteiger partial charge in [0.05, 0.1) is 6.61 Å². The van der Waals surface area contributed by atoms with Gasteiger partial charge in [-0.25, -0.2) is 13.2 Å². The van der Waals surface area contributed by atoms with Crippen molar-refractivity contribution >= 4 is 0 Å². The Balaban J connectivity index is 1.44. The van der Waals surface area contributed by atoms with Crippen LogP contribution in [-0.4, -0.2) is 6.61 Å². The van der Waals surface area contributed by atoms with Crippen molar-refractivity contribution in [2.24, 2.45) is 0 Å². The van der Waals surface area contributed by atoms with Crippen LogP contribution in [0.2, 0.25) is 0 Å². The zero-order chi connectivity index (χ0) is 24.8. The average molecular weight is 475 g/mol. The molecule has 4 heteroatoms. The number of aryl methyl sites for hydroxylation is 3. The van der Waals surface area contributed by atoms with Gasteiger partial charge in [0.25, 0.3) is 0 Å². The molecule has 0 aliphatic heterocycles. The average Bonchev–Trinajstić information content (AvgIpc) is 2.87. The molecule has 180 valence electrons. The number of hydrogen-bond acceptors (Lipinski definition) is 1. The van der Waals surface area contributed by atoms with Crippen molar-refractivity contribution in [1.82, 2.24) is 0 Å². The van der Waals surface area contributed by atoms with E-state index in [2.05, 4.69) is 6.92 Å². The Labute approximate surface area is 205 Å². The number of halogens is 3. The highest BCUT2D eigenvalue weighted by molar-refractivity contribution is 5.66. The van der Waals surface area contributed by atoms with Gasteiger partial charge in [-0.1, -0.05) is 80.1 Å². The van der Waals surface area contributed by atoms with E-state index >= 15 is 0 Å². The van der Waals surface area contributed by atoms with Crippen molar-refractivity contribution in [3.8, 4) is 28.0 Å². The van der Waals surface area contributed by atoms with Crippen molar-refractivity contribution in [2.75, 3.05) is 6.61 Å². The largest absolute Gasteiger partial charge is 0.491 e. The van der Waals surface area contributed by atoms with Crippen LogP contribution < -0.4 is 4.74 Å². The van der Waals surface area contributed by atoms with E-state index in [-0.39, 0.29) is 11.3 Å². The summed E-state index contributed by atoms with van der Waals surface area (Å²) in [6, 6.07) is 23.6. The third-order valence-corrected chi connectivity index (χ3v) is 6.17. The van der Waals surface area contributed by atoms with Crippen molar-refractivity contribution in [3.05, 3.63) is 113 Å². The van der Waals surface area contributed by atoms with Gasteiger partial charge in [-0.3, -0.25) is 0 Å². The molecule has 0 unspecified atom stereocenters. The smallest absolute Gasteiger partial charge is 0.166 e. The Morgan fingerprint density at radius 2 is 1.23 bits per heavy atom. The van der Waals surface area contributed by atoms with Crippen LogP contribution in [0.4, 0.5) is 13.2 Å². The summed E-state index contributed by atoms with van der Waals surface area (Å²) in [5.74, 6) is -1.76. The van der Waals surface area contributed by atoms with E-state index in [1.165, 1.54) is 11.6 Å². The first-order valence-electron chi connectivity index (χ1n) is 12.1. The molecule has 0 radical (unpaired) electrons. The molecule has 0 heterocycles. The van der Waals surface area contributed by atoms with Gasteiger partial charge >= 0.3 is 0 Å². The summed E-state index contributed by atoms with van der Waals surface area (Å²) < 4.78 is 49.1. The molecule has 0 atom stereocenters.